The van der Waals surface area contributed by atoms with Crippen LogP contribution < -0.4 is 5.32 Å². The molecule has 0 saturated heterocycles. The molecule has 9 heteroatoms. The standard InChI is InChI=1S/C15H16N2O7/c1-24-15(23)9-7-17(4-5-18)13(20)12(9)16-10-3-2-8(14(21)22)6-11(10)19/h2-3,6,16,18-19H,4-5,7H2,1H3,(H,21,22). The molecule has 0 aromatic heterocycles. The van der Waals surface area contributed by atoms with Gasteiger partial charge in [-0.2, -0.15) is 0 Å². The molecule has 1 aromatic rings. The van der Waals surface area contributed by atoms with E-state index < -0.39 is 17.8 Å². The van der Waals surface area contributed by atoms with Crippen LogP contribution in [0.5, 0.6) is 5.75 Å². The lowest BCUT2D eigenvalue weighted by Crippen LogP contribution is -2.31. The molecule has 1 aromatic carbocycles. The molecule has 0 saturated carbocycles. The number of esters is 1. The maximum atomic E-state index is 12.3. The van der Waals surface area contributed by atoms with Crippen LogP contribution in [0.25, 0.3) is 0 Å². The highest BCUT2D eigenvalue weighted by Crippen LogP contribution is 2.29. The van der Waals surface area contributed by atoms with E-state index in [1.165, 1.54) is 24.1 Å². The van der Waals surface area contributed by atoms with Gasteiger partial charge in [-0.1, -0.05) is 0 Å². The summed E-state index contributed by atoms with van der Waals surface area (Å²) in [6.45, 7) is -0.275. The number of carboxylic acid groups (broad SMARTS) is 1. The average Bonchev–Trinajstić information content (AvgIpc) is 2.85. The number of aliphatic hydroxyl groups excluding tert-OH is 1. The molecule has 1 aliphatic heterocycles. The molecular formula is C15H16N2O7. The predicted octanol–water partition coefficient (Wildman–Crippen LogP) is -0.236. The fraction of sp³-hybridized carbons (Fsp3) is 0.267. The molecule has 0 aliphatic carbocycles. The van der Waals surface area contributed by atoms with E-state index >= 15 is 0 Å². The van der Waals surface area contributed by atoms with E-state index in [0.29, 0.717) is 0 Å². The van der Waals surface area contributed by atoms with Crippen molar-refractivity contribution in [2.75, 3.05) is 32.1 Å². The van der Waals surface area contributed by atoms with Crippen LogP contribution >= 0.6 is 0 Å². The molecule has 0 spiro atoms. The average molecular weight is 336 g/mol. The second-order valence-electron chi connectivity index (χ2n) is 4.96. The van der Waals surface area contributed by atoms with Gasteiger partial charge in [0.25, 0.3) is 5.91 Å². The van der Waals surface area contributed by atoms with Crippen molar-refractivity contribution in [1.82, 2.24) is 4.90 Å². The zero-order valence-corrected chi connectivity index (χ0v) is 12.8. The number of carboxylic acids is 1. The number of aromatic hydroxyl groups is 1. The lowest BCUT2D eigenvalue weighted by atomic mass is 10.1. The third-order valence-corrected chi connectivity index (χ3v) is 3.46. The highest BCUT2D eigenvalue weighted by Gasteiger charge is 2.34. The van der Waals surface area contributed by atoms with Crippen LogP contribution in [0.4, 0.5) is 5.69 Å². The number of phenolic OH excluding ortho intramolecular Hbond substituents is 1. The Morgan fingerprint density at radius 3 is 2.62 bits per heavy atom. The van der Waals surface area contributed by atoms with E-state index in [1.54, 1.807) is 0 Å². The van der Waals surface area contributed by atoms with Crippen molar-refractivity contribution in [2.24, 2.45) is 0 Å². The van der Waals surface area contributed by atoms with Gasteiger partial charge in [-0.05, 0) is 18.2 Å². The number of phenols is 1. The summed E-state index contributed by atoms with van der Waals surface area (Å²) in [5, 5.41) is 30.4. The summed E-state index contributed by atoms with van der Waals surface area (Å²) in [7, 11) is 1.17. The Morgan fingerprint density at radius 1 is 1.38 bits per heavy atom. The number of carbonyl (C=O) groups is 3. The molecule has 0 unspecified atom stereocenters. The van der Waals surface area contributed by atoms with Crippen LogP contribution in [0.3, 0.4) is 0 Å². The van der Waals surface area contributed by atoms with Crippen LogP contribution in [-0.2, 0) is 14.3 Å². The number of benzene rings is 1. The third-order valence-electron chi connectivity index (χ3n) is 3.46. The molecule has 1 aliphatic rings. The highest BCUT2D eigenvalue weighted by molar-refractivity contribution is 6.08. The Bertz CT molecular complexity index is 727. The minimum absolute atomic E-state index is 0.0362. The number of hydrogen-bond donors (Lipinski definition) is 4. The summed E-state index contributed by atoms with van der Waals surface area (Å²) in [4.78, 5) is 36.3. The van der Waals surface area contributed by atoms with Gasteiger partial charge in [-0.3, -0.25) is 4.79 Å². The fourth-order valence-electron chi connectivity index (χ4n) is 2.25. The minimum atomic E-state index is -1.21. The zero-order chi connectivity index (χ0) is 17.9. The van der Waals surface area contributed by atoms with Gasteiger partial charge in [0.2, 0.25) is 0 Å². The number of anilines is 1. The molecule has 2 rings (SSSR count). The number of ether oxygens (including phenoxy) is 1. The smallest absolute Gasteiger partial charge is 0.337 e. The first kappa shape index (κ1) is 17.3. The monoisotopic (exact) mass is 336 g/mol. The van der Waals surface area contributed by atoms with E-state index in [4.69, 9.17) is 10.2 Å². The van der Waals surface area contributed by atoms with Crippen molar-refractivity contribution < 1.29 is 34.4 Å². The van der Waals surface area contributed by atoms with Crippen molar-refractivity contribution in [3.63, 3.8) is 0 Å². The van der Waals surface area contributed by atoms with Crippen molar-refractivity contribution in [2.45, 2.75) is 0 Å². The molecule has 1 heterocycles. The van der Waals surface area contributed by atoms with Gasteiger partial charge in [0.1, 0.15) is 11.4 Å². The Morgan fingerprint density at radius 2 is 2.08 bits per heavy atom. The first-order chi connectivity index (χ1) is 11.4. The second kappa shape index (κ2) is 7.01. The maximum Gasteiger partial charge on any atom is 0.337 e. The number of aliphatic hydroxyl groups is 1. The Hall–Kier alpha value is -3.07. The number of nitrogens with zero attached hydrogens (tertiary/aromatic N) is 1. The lowest BCUT2D eigenvalue weighted by Gasteiger charge is -2.15. The summed E-state index contributed by atoms with van der Waals surface area (Å²) >= 11 is 0. The molecule has 4 N–H and O–H groups in total. The molecule has 1 amide bonds. The molecule has 9 nitrogen and oxygen atoms in total. The second-order valence-corrected chi connectivity index (χ2v) is 4.96. The molecule has 24 heavy (non-hydrogen) atoms. The van der Waals surface area contributed by atoms with Gasteiger partial charge in [0.15, 0.2) is 0 Å². The number of rotatable bonds is 6. The van der Waals surface area contributed by atoms with Gasteiger partial charge in [0, 0.05) is 6.54 Å². The molecule has 128 valence electrons. The zero-order valence-electron chi connectivity index (χ0n) is 12.8. The van der Waals surface area contributed by atoms with Crippen LogP contribution in [-0.4, -0.2) is 64.9 Å². The fourth-order valence-corrected chi connectivity index (χ4v) is 2.25. The van der Waals surface area contributed by atoms with E-state index in [2.05, 4.69) is 10.1 Å². The van der Waals surface area contributed by atoms with E-state index in [-0.39, 0.29) is 48.0 Å². The minimum Gasteiger partial charge on any atom is -0.506 e. The summed E-state index contributed by atoms with van der Waals surface area (Å²) in [6, 6.07) is 3.55. The summed E-state index contributed by atoms with van der Waals surface area (Å²) < 4.78 is 4.64. The molecule has 0 bridgehead atoms. The number of nitrogens with one attached hydrogen (secondary N) is 1. The first-order valence-electron chi connectivity index (χ1n) is 6.94. The molecular weight excluding hydrogens is 320 g/mol. The largest absolute Gasteiger partial charge is 0.506 e. The predicted molar refractivity (Wildman–Crippen MR) is 81.4 cm³/mol. The van der Waals surface area contributed by atoms with Crippen molar-refractivity contribution in [3.05, 3.63) is 35.0 Å². The number of carbonyl (C=O) groups excluding carboxylic acids is 2. The number of methoxy groups -OCH3 is 1. The number of amides is 1. The number of hydrogen-bond acceptors (Lipinski definition) is 7. The number of aromatic carboxylic acids is 1. The van der Waals surface area contributed by atoms with Crippen LogP contribution in [0, 0.1) is 0 Å². The summed E-state index contributed by atoms with van der Waals surface area (Å²) in [6.07, 6.45) is 0. The topological polar surface area (TPSA) is 136 Å². The van der Waals surface area contributed by atoms with Crippen LogP contribution in [0.1, 0.15) is 10.4 Å². The Balaban J connectivity index is 2.35. The third kappa shape index (κ3) is 3.30. The quantitative estimate of drug-likeness (QED) is 0.413. The summed E-state index contributed by atoms with van der Waals surface area (Å²) in [5.74, 6) is -2.85. The lowest BCUT2D eigenvalue weighted by molar-refractivity contribution is -0.136. The first-order valence-corrected chi connectivity index (χ1v) is 6.94. The van der Waals surface area contributed by atoms with Gasteiger partial charge in [-0.15, -0.1) is 0 Å². The van der Waals surface area contributed by atoms with Gasteiger partial charge in [-0.25, -0.2) is 9.59 Å². The van der Waals surface area contributed by atoms with Crippen LogP contribution in [0.15, 0.2) is 29.5 Å². The van der Waals surface area contributed by atoms with E-state index in [0.717, 1.165) is 6.07 Å². The Labute approximate surface area is 136 Å². The molecule has 0 radical (unpaired) electrons. The van der Waals surface area contributed by atoms with Crippen LogP contribution in [0.2, 0.25) is 0 Å². The van der Waals surface area contributed by atoms with Gasteiger partial charge in [0.05, 0.1) is 37.1 Å². The van der Waals surface area contributed by atoms with Crippen molar-refractivity contribution in [3.8, 4) is 5.75 Å². The molecule has 0 fully saturated rings. The van der Waals surface area contributed by atoms with Crippen molar-refractivity contribution in [1.29, 1.82) is 0 Å². The van der Waals surface area contributed by atoms with Crippen molar-refractivity contribution >= 4 is 23.5 Å². The van der Waals surface area contributed by atoms with Gasteiger partial charge >= 0.3 is 11.9 Å². The molecule has 0 atom stereocenters. The SMILES string of the molecule is COC(=O)C1=C(Nc2ccc(C(=O)O)cc2O)C(=O)N(CCO)C1. The van der Waals surface area contributed by atoms with Gasteiger partial charge < -0.3 is 30.3 Å². The van der Waals surface area contributed by atoms with E-state index in [1.807, 2.05) is 0 Å². The highest BCUT2D eigenvalue weighted by atomic mass is 16.5. The maximum absolute atomic E-state index is 12.3. The number of β-amino-alcohol motifs (C(OH)–C–C–N with tert-alkyl or cyclic N) is 1. The Kier molecular flexibility index (Phi) is 5.05. The normalized spacial score (nSPS) is 14.1. The van der Waals surface area contributed by atoms with E-state index in [9.17, 15) is 19.5 Å². The summed E-state index contributed by atoms with van der Waals surface area (Å²) in [5.41, 5.74) is -0.0955.